The fraction of sp³-hybridized carbons (Fsp3) is 0.245. The van der Waals surface area contributed by atoms with Crippen LogP contribution in [0.15, 0.2) is 134 Å². The first-order valence-electron chi connectivity index (χ1n) is 21.3. The molecule has 2 saturated heterocycles. The zero-order valence-electron chi connectivity index (χ0n) is 36.2. The average molecular weight is 905 g/mol. The summed E-state index contributed by atoms with van der Waals surface area (Å²) in [4.78, 5) is 24.6. The molecule has 0 radical (unpaired) electrons. The third kappa shape index (κ3) is 10.2. The predicted molar refractivity (Wildman–Crippen MR) is 247 cm³/mol. The number of benzene rings is 4. The van der Waals surface area contributed by atoms with Crippen LogP contribution in [0.2, 0.25) is 0 Å². The average Bonchev–Trinajstić information content (AvgIpc) is 3.34. The maximum absolute atomic E-state index is 15.1. The Morgan fingerprint density at radius 3 is 1.17 bits per heavy atom. The summed E-state index contributed by atoms with van der Waals surface area (Å²) >= 11 is 0. The minimum atomic E-state index is -5.07. The van der Waals surface area contributed by atoms with Crippen LogP contribution in [0.25, 0.3) is 12.2 Å². The van der Waals surface area contributed by atoms with Crippen LogP contribution in [-0.2, 0) is 12.4 Å². The van der Waals surface area contributed by atoms with Gasteiger partial charge < -0.3 is 29.4 Å². The Bertz CT molecular complexity index is 2460. The van der Waals surface area contributed by atoms with Crippen LogP contribution in [0.5, 0.6) is 0 Å². The normalized spacial score (nSPS) is 14.9. The molecule has 2 fully saturated rings. The molecule has 0 spiro atoms. The Balaban J connectivity index is 0.959. The summed E-state index contributed by atoms with van der Waals surface area (Å²) in [5, 5.41) is 17.4. The van der Waals surface area contributed by atoms with Crippen LogP contribution in [0.1, 0.15) is 38.2 Å². The van der Waals surface area contributed by atoms with E-state index in [9.17, 15) is 4.79 Å². The van der Waals surface area contributed by atoms with Crippen molar-refractivity contribution in [3.63, 3.8) is 0 Å². The van der Waals surface area contributed by atoms with E-state index in [1.54, 1.807) is 24.3 Å². The lowest BCUT2D eigenvalue weighted by Crippen LogP contribution is -2.47. The third-order valence-corrected chi connectivity index (χ3v) is 11.6. The highest BCUT2D eigenvalue weighted by atomic mass is 19.4. The number of rotatable bonds is 12. The summed E-state index contributed by atoms with van der Waals surface area (Å²) in [6.45, 7) is 1.61. The van der Waals surface area contributed by atoms with Crippen molar-refractivity contribution in [2.24, 2.45) is 0 Å². The van der Waals surface area contributed by atoms with Crippen molar-refractivity contribution in [2.75, 3.05) is 95.9 Å². The van der Waals surface area contributed by atoms with Gasteiger partial charge in [0.15, 0.2) is 29.1 Å². The molecule has 2 aliphatic rings. The van der Waals surface area contributed by atoms with Crippen LogP contribution in [0, 0.1) is 0 Å². The van der Waals surface area contributed by atoms with Gasteiger partial charge in [-0.15, -0.1) is 20.4 Å². The first-order chi connectivity index (χ1) is 31.7. The molecule has 0 unspecified atom stereocenters. The maximum Gasteiger partial charge on any atom is 0.419 e. The lowest BCUT2D eigenvalue weighted by Gasteiger charge is -2.38. The molecule has 8 rings (SSSR count). The second-order valence-electron chi connectivity index (χ2n) is 15.8. The SMILES string of the molecule is CN(C=Cc1ccccc1)c1ccc(N2CCN(c3cccc(C(=O)c4cccc(N5CCN(c6ccc(N(C)C=Cc7ccccc7)nn6)CC5)c4C(F)(F)F)c3C(F)(F)F)CC2)nn1. The summed E-state index contributed by atoms with van der Waals surface area (Å²) in [5.74, 6) is 0.894. The van der Waals surface area contributed by atoms with Crippen LogP contribution in [0.4, 0.5) is 61.0 Å². The smallest absolute Gasteiger partial charge is 0.367 e. The molecule has 0 N–H and O–H groups in total. The quantitative estimate of drug-likeness (QED) is 0.0870. The molecule has 17 heteroatoms. The van der Waals surface area contributed by atoms with Crippen molar-refractivity contribution in [3.05, 3.63) is 167 Å². The molecule has 0 bridgehead atoms. The van der Waals surface area contributed by atoms with Crippen molar-refractivity contribution in [1.29, 1.82) is 0 Å². The summed E-state index contributed by atoms with van der Waals surface area (Å²) in [5.41, 5.74) is -2.81. The number of nitrogens with zero attached hydrogens (tertiary/aromatic N) is 10. The van der Waals surface area contributed by atoms with E-state index in [0.29, 0.717) is 23.3 Å². The second-order valence-corrected chi connectivity index (χ2v) is 15.8. The molecule has 0 saturated carbocycles. The Morgan fingerprint density at radius 1 is 0.470 bits per heavy atom. The van der Waals surface area contributed by atoms with Gasteiger partial charge in [-0.25, -0.2) is 0 Å². The van der Waals surface area contributed by atoms with E-state index < -0.39 is 40.4 Å². The standard InChI is InChI=1S/C49H46F6N10O/c1-60(25-23-35-11-5-3-6-12-35)41-19-21-43(58-56-41)64-31-27-62(28-32-64)39-17-9-15-37(45(39)48(50,51)52)47(66)38-16-10-18-40(46(38)49(53,54)55)63-29-33-65(34-30-63)44-22-20-42(57-59-44)61(2)26-24-36-13-7-4-8-14-36/h3-26H,27-34H2,1-2H3. The zero-order valence-corrected chi connectivity index (χ0v) is 36.2. The highest BCUT2D eigenvalue weighted by molar-refractivity contribution is 6.12. The number of alkyl halides is 6. The molecule has 6 aromatic rings. The number of carbonyl (C=O) groups excluding carboxylic acids is 1. The Labute approximate surface area is 378 Å². The summed E-state index contributed by atoms with van der Waals surface area (Å²) < 4.78 is 90.7. The molecule has 0 aliphatic carbocycles. The van der Waals surface area contributed by atoms with Gasteiger partial charge in [0.1, 0.15) is 0 Å². The first-order valence-corrected chi connectivity index (χ1v) is 21.3. The highest BCUT2D eigenvalue weighted by Crippen LogP contribution is 2.44. The van der Waals surface area contributed by atoms with Gasteiger partial charge in [0, 0.05) is 101 Å². The maximum atomic E-state index is 15.1. The number of hydrogen-bond acceptors (Lipinski definition) is 11. The van der Waals surface area contributed by atoms with E-state index in [2.05, 4.69) is 20.4 Å². The topological polar surface area (TPSA) is 88.1 Å². The summed E-state index contributed by atoms with van der Waals surface area (Å²) in [6.07, 6.45) is -2.54. The fourth-order valence-electron chi connectivity index (χ4n) is 8.11. The molecule has 0 atom stereocenters. The molecule has 2 aliphatic heterocycles. The van der Waals surface area contributed by atoms with E-state index in [1.807, 2.05) is 119 Å². The minimum Gasteiger partial charge on any atom is -0.367 e. The molecule has 0 amide bonds. The molecule has 4 aromatic carbocycles. The third-order valence-electron chi connectivity index (χ3n) is 11.6. The van der Waals surface area contributed by atoms with Gasteiger partial charge in [-0.1, -0.05) is 84.9 Å². The molecule has 340 valence electrons. The van der Waals surface area contributed by atoms with E-state index in [4.69, 9.17) is 0 Å². The summed E-state index contributed by atoms with van der Waals surface area (Å²) in [6, 6.07) is 33.7. The molecular weight excluding hydrogens is 859 g/mol. The predicted octanol–water partition coefficient (Wildman–Crippen LogP) is 9.40. The number of anilines is 6. The number of carbonyl (C=O) groups is 1. The van der Waals surface area contributed by atoms with Gasteiger partial charge in [-0.3, -0.25) is 4.79 Å². The van der Waals surface area contributed by atoms with Gasteiger partial charge in [0.05, 0.1) is 11.1 Å². The summed E-state index contributed by atoms with van der Waals surface area (Å²) in [7, 11) is 3.68. The molecule has 11 nitrogen and oxygen atoms in total. The molecular formula is C49H46F6N10O. The van der Waals surface area contributed by atoms with E-state index in [-0.39, 0.29) is 63.7 Å². The lowest BCUT2D eigenvalue weighted by molar-refractivity contribution is -0.137. The molecule has 66 heavy (non-hydrogen) atoms. The van der Waals surface area contributed by atoms with Crippen molar-refractivity contribution in [3.8, 4) is 0 Å². The van der Waals surface area contributed by atoms with Gasteiger partial charge in [-0.05, 0) is 59.7 Å². The number of hydrogen-bond donors (Lipinski definition) is 0. The number of aromatic nitrogens is 4. The Kier molecular flexibility index (Phi) is 13.2. The first kappa shape index (κ1) is 45.1. The number of ketones is 1. The second kappa shape index (κ2) is 19.4. The Morgan fingerprint density at radius 2 is 0.833 bits per heavy atom. The van der Waals surface area contributed by atoms with Gasteiger partial charge in [0.2, 0.25) is 0 Å². The molecule has 4 heterocycles. The van der Waals surface area contributed by atoms with Crippen LogP contribution >= 0.6 is 0 Å². The Hall–Kier alpha value is -7.43. The van der Waals surface area contributed by atoms with E-state index in [1.165, 1.54) is 34.1 Å². The minimum absolute atomic E-state index is 0.123. The number of halogens is 6. The van der Waals surface area contributed by atoms with E-state index >= 15 is 26.3 Å². The van der Waals surface area contributed by atoms with Crippen LogP contribution in [-0.4, -0.2) is 92.6 Å². The molecule has 2 aromatic heterocycles. The lowest BCUT2D eigenvalue weighted by atomic mass is 9.92. The van der Waals surface area contributed by atoms with Gasteiger partial charge in [0.25, 0.3) is 0 Å². The van der Waals surface area contributed by atoms with E-state index in [0.717, 1.165) is 23.3 Å². The van der Waals surface area contributed by atoms with Crippen molar-refractivity contribution in [1.82, 2.24) is 20.4 Å². The van der Waals surface area contributed by atoms with Crippen molar-refractivity contribution >= 4 is 52.6 Å². The number of piperazine rings is 2. The fourth-order valence-corrected chi connectivity index (χ4v) is 8.11. The largest absolute Gasteiger partial charge is 0.419 e. The van der Waals surface area contributed by atoms with Gasteiger partial charge >= 0.3 is 12.4 Å². The van der Waals surface area contributed by atoms with Crippen LogP contribution < -0.4 is 29.4 Å². The zero-order chi connectivity index (χ0) is 46.4. The van der Waals surface area contributed by atoms with Crippen molar-refractivity contribution in [2.45, 2.75) is 12.4 Å². The monoisotopic (exact) mass is 904 g/mol. The highest BCUT2D eigenvalue weighted by Gasteiger charge is 2.44. The van der Waals surface area contributed by atoms with Crippen molar-refractivity contribution < 1.29 is 31.1 Å². The van der Waals surface area contributed by atoms with Crippen LogP contribution in [0.3, 0.4) is 0 Å². The van der Waals surface area contributed by atoms with Gasteiger partial charge in [-0.2, -0.15) is 26.3 Å².